The van der Waals surface area contributed by atoms with Gasteiger partial charge in [-0.3, -0.25) is 0 Å². The lowest BCUT2D eigenvalue weighted by Gasteiger charge is -2.15. The van der Waals surface area contributed by atoms with E-state index in [1.807, 2.05) is 0 Å². The molecular weight excluding hydrogens is 296 g/mol. The summed E-state index contributed by atoms with van der Waals surface area (Å²) in [5.74, 6) is -1.40. The highest BCUT2D eigenvalue weighted by Gasteiger charge is 2.17. The second kappa shape index (κ2) is 5.54. The van der Waals surface area contributed by atoms with Crippen LogP contribution >= 0.6 is 0 Å². The van der Waals surface area contributed by atoms with E-state index in [0.717, 1.165) is 12.3 Å². The fraction of sp³-hybridized carbons (Fsp3) is 0.200. The lowest BCUT2D eigenvalue weighted by atomic mass is 9.97. The van der Waals surface area contributed by atoms with Crippen molar-refractivity contribution in [1.29, 1.82) is 0 Å². The SMILES string of the molecule is Cc1cc(C(N)c2cccc(S(C)(=O)=O)c2)c(F)cc1F. The van der Waals surface area contributed by atoms with Gasteiger partial charge in [0.25, 0.3) is 0 Å². The molecule has 1 atom stereocenters. The molecule has 0 aliphatic rings. The minimum Gasteiger partial charge on any atom is -0.320 e. The van der Waals surface area contributed by atoms with Gasteiger partial charge < -0.3 is 5.73 Å². The summed E-state index contributed by atoms with van der Waals surface area (Å²) in [5, 5.41) is 0. The average Bonchev–Trinajstić information content (AvgIpc) is 2.41. The molecule has 6 heteroatoms. The Bertz CT molecular complexity index is 788. The number of hydrogen-bond donors (Lipinski definition) is 1. The summed E-state index contributed by atoms with van der Waals surface area (Å²) in [4.78, 5) is 0.106. The van der Waals surface area contributed by atoms with Crippen LogP contribution in [0.15, 0.2) is 41.3 Å². The van der Waals surface area contributed by atoms with E-state index in [0.29, 0.717) is 5.56 Å². The van der Waals surface area contributed by atoms with Crippen LogP contribution in [0.1, 0.15) is 22.7 Å². The van der Waals surface area contributed by atoms with E-state index in [9.17, 15) is 17.2 Å². The molecule has 0 aliphatic heterocycles. The first-order valence-corrected chi connectivity index (χ1v) is 8.10. The fourth-order valence-electron chi connectivity index (χ4n) is 2.04. The van der Waals surface area contributed by atoms with Crippen molar-refractivity contribution in [2.75, 3.05) is 6.26 Å². The summed E-state index contributed by atoms with van der Waals surface area (Å²) < 4.78 is 50.2. The van der Waals surface area contributed by atoms with Crippen molar-refractivity contribution in [2.45, 2.75) is 17.9 Å². The highest BCUT2D eigenvalue weighted by atomic mass is 32.2. The third kappa shape index (κ3) is 3.28. The maximum Gasteiger partial charge on any atom is 0.175 e. The Hall–Kier alpha value is -1.79. The third-order valence-corrected chi connectivity index (χ3v) is 4.37. The van der Waals surface area contributed by atoms with Gasteiger partial charge in [0.2, 0.25) is 0 Å². The molecule has 0 radical (unpaired) electrons. The maximum absolute atomic E-state index is 13.9. The van der Waals surface area contributed by atoms with Crippen molar-refractivity contribution < 1.29 is 17.2 Å². The zero-order valence-electron chi connectivity index (χ0n) is 11.6. The molecule has 3 nitrogen and oxygen atoms in total. The lowest BCUT2D eigenvalue weighted by Crippen LogP contribution is -2.15. The molecule has 0 aromatic heterocycles. The van der Waals surface area contributed by atoms with Crippen LogP contribution < -0.4 is 5.73 Å². The number of benzene rings is 2. The van der Waals surface area contributed by atoms with Crippen LogP contribution in [-0.4, -0.2) is 14.7 Å². The van der Waals surface area contributed by atoms with E-state index in [-0.39, 0.29) is 16.0 Å². The number of halogens is 2. The van der Waals surface area contributed by atoms with Crippen LogP contribution in [0.4, 0.5) is 8.78 Å². The molecule has 2 aromatic rings. The molecule has 112 valence electrons. The summed E-state index contributed by atoms with van der Waals surface area (Å²) in [6.45, 7) is 1.51. The zero-order chi connectivity index (χ0) is 15.8. The van der Waals surface area contributed by atoms with E-state index >= 15 is 0 Å². The van der Waals surface area contributed by atoms with Crippen molar-refractivity contribution in [3.63, 3.8) is 0 Å². The first kappa shape index (κ1) is 15.6. The van der Waals surface area contributed by atoms with Gasteiger partial charge >= 0.3 is 0 Å². The predicted molar refractivity (Wildman–Crippen MR) is 76.7 cm³/mol. The van der Waals surface area contributed by atoms with Gasteiger partial charge in [-0.2, -0.15) is 0 Å². The molecule has 1 unspecified atom stereocenters. The topological polar surface area (TPSA) is 60.2 Å². The number of aryl methyl sites for hydroxylation is 1. The average molecular weight is 311 g/mol. The second-order valence-corrected chi connectivity index (χ2v) is 6.96. The molecule has 0 fully saturated rings. The van der Waals surface area contributed by atoms with Gasteiger partial charge in [0, 0.05) is 17.9 Å². The van der Waals surface area contributed by atoms with Crippen molar-refractivity contribution in [1.82, 2.24) is 0 Å². The molecule has 0 saturated heterocycles. The van der Waals surface area contributed by atoms with Gasteiger partial charge in [0.05, 0.1) is 10.9 Å². The minimum atomic E-state index is -3.38. The quantitative estimate of drug-likeness (QED) is 0.948. The van der Waals surface area contributed by atoms with E-state index < -0.39 is 27.5 Å². The molecule has 2 rings (SSSR count). The van der Waals surface area contributed by atoms with E-state index in [2.05, 4.69) is 0 Å². The first-order valence-electron chi connectivity index (χ1n) is 6.21. The van der Waals surface area contributed by atoms with Crippen LogP contribution in [0.25, 0.3) is 0 Å². The minimum absolute atomic E-state index is 0.106. The van der Waals surface area contributed by atoms with Crippen molar-refractivity contribution >= 4 is 9.84 Å². The number of hydrogen-bond acceptors (Lipinski definition) is 3. The van der Waals surface area contributed by atoms with E-state index in [4.69, 9.17) is 5.73 Å². The summed E-state index contributed by atoms with van der Waals surface area (Å²) >= 11 is 0. The Kier molecular flexibility index (Phi) is 4.11. The van der Waals surface area contributed by atoms with Crippen LogP contribution in [0.2, 0.25) is 0 Å². The number of rotatable bonds is 3. The largest absolute Gasteiger partial charge is 0.320 e. The Morgan fingerprint density at radius 3 is 2.38 bits per heavy atom. The van der Waals surface area contributed by atoms with Crippen molar-refractivity contribution in [3.8, 4) is 0 Å². The predicted octanol–water partition coefficient (Wildman–Crippen LogP) is 2.72. The third-order valence-electron chi connectivity index (χ3n) is 3.26. The molecule has 0 heterocycles. The molecule has 0 bridgehead atoms. The standard InChI is InChI=1S/C15H15F2NO2S/c1-9-6-12(14(17)8-13(9)16)15(18)10-4-3-5-11(7-10)21(2,19)20/h3-8,15H,18H2,1-2H3. The zero-order valence-corrected chi connectivity index (χ0v) is 12.4. The summed E-state index contributed by atoms with van der Waals surface area (Å²) in [6, 6.07) is 7.24. The van der Waals surface area contributed by atoms with Crippen molar-refractivity contribution in [3.05, 3.63) is 64.7 Å². The molecule has 0 saturated carbocycles. The first-order chi connectivity index (χ1) is 9.70. The lowest BCUT2D eigenvalue weighted by molar-refractivity contribution is 0.561. The summed E-state index contributed by atoms with van der Waals surface area (Å²) in [5.41, 5.74) is 6.84. The van der Waals surface area contributed by atoms with E-state index in [1.54, 1.807) is 12.1 Å². The smallest absolute Gasteiger partial charge is 0.175 e. The van der Waals surface area contributed by atoms with Gasteiger partial charge in [-0.05, 0) is 36.2 Å². The van der Waals surface area contributed by atoms with E-state index in [1.165, 1.54) is 25.1 Å². The van der Waals surface area contributed by atoms with Gasteiger partial charge in [-0.25, -0.2) is 17.2 Å². The van der Waals surface area contributed by atoms with Gasteiger partial charge in [0.1, 0.15) is 11.6 Å². The molecule has 0 spiro atoms. The highest BCUT2D eigenvalue weighted by Crippen LogP contribution is 2.26. The Morgan fingerprint density at radius 1 is 1.10 bits per heavy atom. The van der Waals surface area contributed by atoms with Crippen LogP contribution in [0, 0.1) is 18.6 Å². The molecular formula is C15H15F2NO2S. The monoisotopic (exact) mass is 311 g/mol. The van der Waals surface area contributed by atoms with Gasteiger partial charge in [0.15, 0.2) is 9.84 Å². The Balaban J connectivity index is 2.50. The van der Waals surface area contributed by atoms with Crippen LogP contribution in [0.5, 0.6) is 0 Å². The number of sulfone groups is 1. The molecule has 0 amide bonds. The van der Waals surface area contributed by atoms with Crippen LogP contribution in [-0.2, 0) is 9.84 Å². The van der Waals surface area contributed by atoms with Gasteiger partial charge in [-0.1, -0.05) is 12.1 Å². The fourth-order valence-corrected chi connectivity index (χ4v) is 2.71. The molecule has 0 aliphatic carbocycles. The van der Waals surface area contributed by atoms with Gasteiger partial charge in [-0.15, -0.1) is 0 Å². The second-order valence-electron chi connectivity index (χ2n) is 4.95. The van der Waals surface area contributed by atoms with Crippen LogP contribution in [0.3, 0.4) is 0 Å². The number of nitrogens with two attached hydrogens (primary N) is 1. The molecule has 2 aromatic carbocycles. The normalized spacial score (nSPS) is 13.2. The summed E-state index contributed by atoms with van der Waals surface area (Å²) in [6.07, 6.45) is 1.08. The molecule has 2 N–H and O–H groups in total. The van der Waals surface area contributed by atoms with Crippen molar-refractivity contribution in [2.24, 2.45) is 5.73 Å². The Morgan fingerprint density at radius 2 is 1.76 bits per heavy atom. The maximum atomic E-state index is 13.9. The molecule has 21 heavy (non-hydrogen) atoms. The Labute approximate surface area is 122 Å². The highest BCUT2D eigenvalue weighted by molar-refractivity contribution is 7.90. The summed E-state index contributed by atoms with van der Waals surface area (Å²) in [7, 11) is -3.38.